The molecule has 2 aromatic rings. The Hall–Kier alpha value is -3.47. The molecule has 1 amide bonds. The maximum Gasteiger partial charge on any atom is 0.294 e. The van der Waals surface area contributed by atoms with Crippen molar-refractivity contribution in [1.29, 1.82) is 5.26 Å². The Morgan fingerprint density at radius 1 is 1.33 bits per heavy atom. The maximum atomic E-state index is 11.9. The lowest BCUT2D eigenvalue weighted by molar-refractivity contribution is -0.383. The van der Waals surface area contributed by atoms with E-state index in [0.29, 0.717) is 0 Å². The number of aromatic amines is 1. The molecule has 0 bridgehead atoms. The van der Waals surface area contributed by atoms with Gasteiger partial charge in [0.2, 0.25) is 5.56 Å². The maximum absolute atomic E-state index is 11.9. The molecule has 8 heteroatoms. The number of nitrogens with zero attached hydrogens (tertiary/aromatic N) is 2. The zero-order chi connectivity index (χ0) is 15.4. The zero-order valence-corrected chi connectivity index (χ0v) is 10.5. The van der Waals surface area contributed by atoms with Gasteiger partial charge in [0.1, 0.15) is 5.69 Å². The third kappa shape index (κ3) is 3.10. The number of hydrogen-bond acceptors (Lipinski definition) is 5. The number of rotatable bonds is 3. The second kappa shape index (κ2) is 5.66. The molecule has 0 aliphatic carbocycles. The first-order chi connectivity index (χ1) is 10.0. The lowest BCUT2D eigenvalue weighted by Crippen LogP contribution is -2.15. The highest BCUT2D eigenvalue weighted by Gasteiger charge is 2.17. The van der Waals surface area contributed by atoms with Crippen molar-refractivity contribution in [2.24, 2.45) is 0 Å². The Balaban J connectivity index is 2.33. The molecule has 1 aromatic carbocycles. The molecular formula is C13H8N4O4. The molecule has 0 spiro atoms. The average Bonchev–Trinajstić information content (AvgIpc) is 2.48. The van der Waals surface area contributed by atoms with Crippen molar-refractivity contribution in [1.82, 2.24) is 4.98 Å². The molecular weight excluding hydrogens is 276 g/mol. The lowest BCUT2D eigenvalue weighted by Gasteiger charge is -2.06. The van der Waals surface area contributed by atoms with Gasteiger partial charge in [-0.3, -0.25) is 19.7 Å². The lowest BCUT2D eigenvalue weighted by atomic mass is 10.1. The minimum atomic E-state index is -0.691. The average molecular weight is 284 g/mol. The normalized spacial score (nSPS) is 9.67. The van der Waals surface area contributed by atoms with Gasteiger partial charge in [-0.1, -0.05) is 0 Å². The fraction of sp³-hybridized carbons (Fsp3) is 0. The highest BCUT2D eigenvalue weighted by molar-refractivity contribution is 6.05. The smallest absolute Gasteiger partial charge is 0.294 e. The van der Waals surface area contributed by atoms with Gasteiger partial charge in [-0.15, -0.1) is 0 Å². The monoisotopic (exact) mass is 284 g/mol. The number of H-pyrrole nitrogens is 1. The second-order valence-corrected chi connectivity index (χ2v) is 4.00. The molecule has 0 radical (unpaired) electrons. The van der Waals surface area contributed by atoms with E-state index in [9.17, 15) is 19.7 Å². The van der Waals surface area contributed by atoms with Crippen LogP contribution in [0.4, 0.5) is 11.4 Å². The fourth-order valence-corrected chi connectivity index (χ4v) is 1.60. The third-order valence-corrected chi connectivity index (χ3v) is 2.62. The first kappa shape index (κ1) is 14.0. The van der Waals surface area contributed by atoms with Crippen LogP contribution in [-0.2, 0) is 0 Å². The molecule has 21 heavy (non-hydrogen) atoms. The zero-order valence-electron chi connectivity index (χ0n) is 10.5. The Kier molecular flexibility index (Phi) is 3.76. The number of nitrogens with one attached hydrogen (secondary N) is 2. The van der Waals surface area contributed by atoms with E-state index >= 15 is 0 Å². The van der Waals surface area contributed by atoms with Crippen LogP contribution in [0.25, 0.3) is 0 Å². The highest BCUT2D eigenvalue weighted by atomic mass is 16.6. The van der Waals surface area contributed by atoms with Crippen LogP contribution in [0.2, 0.25) is 0 Å². The van der Waals surface area contributed by atoms with Crippen LogP contribution in [0.15, 0.2) is 41.3 Å². The van der Waals surface area contributed by atoms with Crippen LogP contribution in [-0.4, -0.2) is 15.8 Å². The fourth-order valence-electron chi connectivity index (χ4n) is 1.60. The number of nitro benzene ring substituents is 1. The summed E-state index contributed by atoms with van der Waals surface area (Å²) in [6.45, 7) is 0. The summed E-state index contributed by atoms with van der Waals surface area (Å²) in [5.41, 5.74) is -0.519. The summed E-state index contributed by atoms with van der Waals surface area (Å²) in [7, 11) is 0. The summed E-state index contributed by atoms with van der Waals surface area (Å²) in [5, 5.41) is 22.0. The summed E-state index contributed by atoms with van der Waals surface area (Å²) >= 11 is 0. The van der Waals surface area contributed by atoms with Crippen LogP contribution < -0.4 is 10.9 Å². The molecule has 1 heterocycles. The van der Waals surface area contributed by atoms with Gasteiger partial charge in [0.25, 0.3) is 11.6 Å². The molecule has 8 nitrogen and oxygen atoms in total. The van der Waals surface area contributed by atoms with Crippen LogP contribution in [0, 0.1) is 21.4 Å². The van der Waals surface area contributed by atoms with E-state index in [4.69, 9.17) is 5.26 Å². The predicted molar refractivity (Wildman–Crippen MR) is 72.8 cm³/mol. The van der Waals surface area contributed by atoms with E-state index in [2.05, 4.69) is 10.3 Å². The van der Waals surface area contributed by atoms with Crippen LogP contribution in [0.1, 0.15) is 15.9 Å². The molecule has 104 valence electrons. The van der Waals surface area contributed by atoms with Crippen molar-refractivity contribution in [3.8, 4) is 6.07 Å². The topological polar surface area (TPSA) is 129 Å². The van der Waals surface area contributed by atoms with Gasteiger partial charge in [0.15, 0.2) is 0 Å². The first-order valence-electron chi connectivity index (χ1n) is 5.70. The van der Waals surface area contributed by atoms with Crippen molar-refractivity contribution >= 4 is 17.3 Å². The molecule has 2 N–H and O–H groups in total. The minimum Gasteiger partial charge on any atom is -0.328 e. The quantitative estimate of drug-likeness (QED) is 0.650. The number of pyridine rings is 1. The number of hydrogen-bond donors (Lipinski definition) is 2. The van der Waals surface area contributed by atoms with Gasteiger partial charge in [-0.2, -0.15) is 5.26 Å². The van der Waals surface area contributed by atoms with Crippen LogP contribution >= 0.6 is 0 Å². The van der Waals surface area contributed by atoms with E-state index < -0.39 is 10.8 Å². The van der Waals surface area contributed by atoms with Gasteiger partial charge < -0.3 is 10.3 Å². The number of nitriles is 1. The number of carbonyl (C=O) groups excluding carboxylic acids is 1. The van der Waals surface area contributed by atoms with Gasteiger partial charge in [0, 0.05) is 18.3 Å². The van der Waals surface area contributed by atoms with E-state index in [1.54, 1.807) is 6.07 Å². The van der Waals surface area contributed by atoms with Crippen LogP contribution in [0.5, 0.6) is 0 Å². The minimum absolute atomic E-state index is 0.0322. The van der Waals surface area contributed by atoms with E-state index in [1.165, 1.54) is 30.5 Å². The summed E-state index contributed by atoms with van der Waals surface area (Å²) in [6, 6.07) is 7.95. The summed E-state index contributed by atoms with van der Waals surface area (Å²) in [5.74, 6) is -0.612. The third-order valence-electron chi connectivity index (χ3n) is 2.62. The van der Waals surface area contributed by atoms with Gasteiger partial charge in [0.05, 0.1) is 22.1 Å². The highest BCUT2D eigenvalue weighted by Crippen LogP contribution is 2.25. The van der Waals surface area contributed by atoms with Crippen molar-refractivity contribution in [2.45, 2.75) is 0 Å². The van der Waals surface area contributed by atoms with Crippen molar-refractivity contribution in [3.05, 3.63) is 68.1 Å². The molecule has 0 atom stereocenters. The molecule has 0 fully saturated rings. The molecule has 0 aliphatic heterocycles. The van der Waals surface area contributed by atoms with Gasteiger partial charge in [-0.25, -0.2) is 0 Å². The number of amides is 1. The number of benzene rings is 1. The number of nitro groups is 1. The number of aromatic nitrogens is 1. The first-order valence-corrected chi connectivity index (χ1v) is 5.70. The van der Waals surface area contributed by atoms with E-state index in [-0.39, 0.29) is 28.1 Å². The Morgan fingerprint density at radius 3 is 2.67 bits per heavy atom. The molecule has 2 rings (SSSR count). The second-order valence-electron chi connectivity index (χ2n) is 4.00. The standard InChI is InChI=1S/C13H8N4O4/c14-6-8-1-3-10(11(5-8)17(20)21)16-13(19)9-2-4-12(18)15-7-9/h1-5,7H,(H,15,18)(H,16,19). The van der Waals surface area contributed by atoms with E-state index in [0.717, 1.165) is 6.07 Å². The predicted octanol–water partition coefficient (Wildman–Crippen LogP) is 1.41. The molecule has 1 aromatic heterocycles. The summed E-state index contributed by atoms with van der Waals surface area (Å²) in [4.78, 5) is 35.4. The van der Waals surface area contributed by atoms with Crippen molar-refractivity contribution in [3.63, 3.8) is 0 Å². The molecule has 0 saturated carbocycles. The van der Waals surface area contributed by atoms with Gasteiger partial charge in [-0.05, 0) is 18.2 Å². The largest absolute Gasteiger partial charge is 0.328 e. The Labute approximate surface area is 117 Å². The van der Waals surface area contributed by atoms with Gasteiger partial charge >= 0.3 is 0 Å². The Bertz CT molecular complexity index is 799. The van der Waals surface area contributed by atoms with Crippen molar-refractivity contribution < 1.29 is 9.72 Å². The molecule has 0 aliphatic rings. The molecule has 0 unspecified atom stereocenters. The number of anilines is 1. The van der Waals surface area contributed by atoms with Crippen LogP contribution in [0.3, 0.4) is 0 Å². The Morgan fingerprint density at radius 2 is 2.10 bits per heavy atom. The van der Waals surface area contributed by atoms with Crippen molar-refractivity contribution in [2.75, 3.05) is 5.32 Å². The summed E-state index contributed by atoms with van der Waals surface area (Å²) in [6.07, 6.45) is 1.20. The SMILES string of the molecule is N#Cc1ccc(NC(=O)c2ccc(=O)[nH]c2)c([N+](=O)[O-])c1. The van der Waals surface area contributed by atoms with E-state index in [1.807, 2.05) is 0 Å². The molecule has 0 saturated heterocycles. The number of carbonyl (C=O) groups is 1. The summed E-state index contributed by atoms with van der Waals surface area (Å²) < 4.78 is 0.